The van der Waals surface area contributed by atoms with E-state index in [1.807, 2.05) is 57.1 Å². The first-order valence-electron chi connectivity index (χ1n) is 7.94. The number of non-ortho nitro benzene ring substituents is 1. The Morgan fingerprint density at radius 2 is 1.81 bits per heavy atom. The van der Waals surface area contributed by atoms with Crippen LogP contribution in [0.25, 0.3) is 16.2 Å². The van der Waals surface area contributed by atoms with Crippen LogP contribution in [-0.4, -0.2) is 15.3 Å². The largest absolute Gasteiger partial charge is 1.00 e. The van der Waals surface area contributed by atoms with Crippen molar-refractivity contribution < 1.29 is 31.1 Å². The zero-order valence-corrected chi connectivity index (χ0v) is 16.4. The number of nitro groups is 1. The van der Waals surface area contributed by atoms with Crippen LogP contribution in [0.5, 0.6) is 0 Å². The molecule has 4 aromatic rings. The number of Topliss-reactive ketones (excluding diaryl/α,β-unsaturated/α-hetero) is 1. The Labute approximate surface area is 169 Å². The van der Waals surface area contributed by atoms with Crippen molar-refractivity contribution in [2.75, 3.05) is 0 Å². The lowest BCUT2D eigenvalue weighted by molar-refractivity contribution is -0.505. The minimum absolute atomic E-state index is 0. The van der Waals surface area contributed by atoms with E-state index in [0.29, 0.717) is 5.56 Å². The molecule has 2 heterocycles. The van der Waals surface area contributed by atoms with Gasteiger partial charge in [-0.2, -0.15) is 4.40 Å². The van der Waals surface area contributed by atoms with Crippen LogP contribution in [0.1, 0.15) is 10.4 Å². The molecule has 0 bridgehead atoms. The predicted octanol–water partition coefficient (Wildman–Crippen LogP) is 0.750. The Bertz CT molecular complexity index is 1100. The van der Waals surface area contributed by atoms with Crippen LogP contribution < -0.4 is 21.4 Å². The zero-order valence-electron chi connectivity index (χ0n) is 14.0. The van der Waals surface area contributed by atoms with Crippen LogP contribution in [0.4, 0.5) is 5.69 Å². The Balaban J connectivity index is 0.00000210. The van der Waals surface area contributed by atoms with Crippen molar-refractivity contribution in [1.29, 1.82) is 0 Å². The van der Waals surface area contributed by atoms with Crippen molar-refractivity contribution in [3.8, 4) is 11.3 Å². The topological polar surface area (TPSA) is 69.2 Å². The number of carbonyl (C=O) groups excluding carboxylic acids is 1. The number of imidazole rings is 1. The second-order valence-corrected chi connectivity index (χ2v) is 6.66. The van der Waals surface area contributed by atoms with E-state index in [1.165, 1.54) is 24.3 Å². The zero-order chi connectivity index (χ0) is 18.1. The second kappa shape index (κ2) is 7.81. The molecule has 0 fully saturated rings. The van der Waals surface area contributed by atoms with Gasteiger partial charge in [-0.1, -0.05) is 41.7 Å². The third kappa shape index (κ3) is 3.67. The Morgan fingerprint density at radius 3 is 2.48 bits per heavy atom. The molecule has 0 aliphatic heterocycles. The molecule has 8 heteroatoms. The van der Waals surface area contributed by atoms with E-state index in [9.17, 15) is 14.9 Å². The number of thiazole rings is 1. The van der Waals surface area contributed by atoms with Crippen molar-refractivity contribution in [3.63, 3.8) is 0 Å². The minimum Gasteiger partial charge on any atom is -1.00 e. The molecular weight excluding hydrogens is 430 g/mol. The van der Waals surface area contributed by atoms with Gasteiger partial charge in [0.25, 0.3) is 5.69 Å². The summed E-state index contributed by atoms with van der Waals surface area (Å²) in [6, 6.07) is 15.6. The summed E-state index contributed by atoms with van der Waals surface area (Å²) in [4.78, 5) is 24.0. The summed E-state index contributed by atoms with van der Waals surface area (Å²) in [6.07, 6.45) is 3.96. The van der Waals surface area contributed by atoms with Gasteiger partial charge in [0.2, 0.25) is 5.78 Å². The van der Waals surface area contributed by atoms with Gasteiger partial charge in [-0.3, -0.25) is 14.9 Å². The van der Waals surface area contributed by atoms with Crippen LogP contribution >= 0.6 is 11.3 Å². The molecule has 6 nitrogen and oxygen atoms in total. The maximum absolute atomic E-state index is 12.7. The molecule has 0 atom stereocenters. The molecule has 27 heavy (non-hydrogen) atoms. The van der Waals surface area contributed by atoms with E-state index in [0.717, 1.165) is 16.2 Å². The van der Waals surface area contributed by atoms with Crippen molar-refractivity contribution in [2.45, 2.75) is 6.54 Å². The highest BCUT2D eigenvalue weighted by Gasteiger charge is 2.23. The van der Waals surface area contributed by atoms with Crippen LogP contribution in [0, 0.1) is 10.1 Å². The number of rotatable bonds is 5. The maximum atomic E-state index is 12.7. The quantitative estimate of drug-likeness (QED) is 0.198. The highest BCUT2D eigenvalue weighted by atomic mass is 79.9. The SMILES string of the molecule is O=C(Cn1c(-c2ccccc2)c[n+]2ccsc12)c1ccc([N+](=O)[O-])cc1.[Br-]. The molecule has 0 aliphatic carbocycles. The standard InChI is InChI=1S/C19H14N3O3S.BrH/c23-18(15-6-8-16(9-7-15)22(24)25)13-21-17(14-4-2-1-3-5-14)12-20-10-11-26-19(20)21;/h1-12H,13H2;1H/q+1;/p-1. The number of aromatic nitrogens is 2. The summed E-state index contributed by atoms with van der Waals surface area (Å²) in [5, 5.41) is 12.7. The first-order valence-corrected chi connectivity index (χ1v) is 8.82. The fourth-order valence-corrected chi connectivity index (χ4v) is 3.72. The molecule has 0 saturated carbocycles. The van der Waals surface area contributed by atoms with Crippen LogP contribution in [0.2, 0.25) is 0 Å². The molecular formula is C19H14BrN3O3S. The molecule has 0 amide bonds. The summed E-state index contributed by atoms with van der Waals surface area (Å²) < 4.78 is 3.97. The van der Waals surface area contributed by atoms with E-state index in [2.05, 4.69) is 0 Å². The van der Waals surface area contributed by atoms with E-state index >= 15 is 0 Å². The molecule has 0 N–H and O–H groups in total. The molecule has 0 unspecified atom stereocenters. The van der Waals surface area contributed by atoms with E-state index in [4.69, 9.17) is 0 Å². The average molecular weight is 444 g/mol. The number of nitro benzene ring substituents is 1. The van der Waals surface area contributed by atoms with Crippen molar-refractivity contribution in [3.05, 3.63) is 88.0 Å². The Hall–Kier alpha value is -2.84. The lowest BCUT2D eigenvalue weighted by Gasteiger charge is -2.03. The van der Waals surface area contributed by atoms with Gasteiger partial charge in [0.15, 0.2) is 12.2 Å². The smallest absolute Gasteiger partial charge is 0.346 e. The first-order chi connectivity index (χ1) is 12.6. The monoisotopic (exact) mass is 443 g/mol. The van der Waals surface area contributed by atoms with E-state index in [1.54, 1.807) is 11.3 Å². The molecule has 136 valence electrons. The fraction of sp³-hybridized carbons (Fsp3) is 0.0526. The van der Waals surface area contributed by atoms with Crippen molar-refractivity contribution in [1.82, 2.24) is 4.57 Å². The third-order valence-electron chi connectivity index (χ3n) is 4.17. The molecule has 0 spiro atoms. The maximum Gasteiger partial charge on any atom is 0.346 e. The number of ketones is 1. The number of hydrogen-bond acceptors (Lipinski definition) is 4. The van der Waals surface area contributed by atoms with Gasteiger partial charge in [0.1, 0.15) is 12.4 Å². The molecule has 2 aromatic heterocycles. The van der Waals surface area contributed by atoms with Gasteiger partial charge in [-0.15, -0.1) is 0 Å². The number of carbonyl (C=O) groups is 1. The highest BCUT2D eigenvalue weighted by Crippen LogP contribution is 2.23. The summed E-state index contributed by atoms with van der Waals surface area (Å²) in [5.41, 5.74) is 2.41. The third-order valence-corrected chi connectivity index (χ3v) is 5.07. The van der Waals surface area contributed by atoms with Gasteiger partial charge in [-0.25, -0.2) is 4.57 Å². The average Bonchev–Trinajstić information content (AvgIpc) is 3.25. The number of fused-ring (bicyclic) bond motifs is 1. The molecule has 0 radical (unpaired) electrons. The number of hydrogen-bond donors (Lipinski definition) is 0. The van der Waals surface area contributed by atoms with Gasteiger partial charge >= 0.3 is 4.96 Å². The van der Waals surface area contributed by atoms with Gasteiger partial charge in [-0.05, 0) is 12.1 Å². The second-order valence-electron chi connectivity index (χ2n) is 5.79. The van der Waals surface area contributed by atoms with E-state index in [-0.39, 0.29) is 35.0 Å². The molecule has 4 rings (SSSR count). The summed E-state index contributed by atoms with van der Waals surface area (Å²) in [5.74, 6) is -0.0939. The summed E-state index contributed by atoms with van der Waals surface area (Å²) in [7, 11) is 0. The molecule has 0 saturated heterocycles. The van der Waals surface area contributed by atoms with Crippen molar-refractivity contribution >= 4 is 27.8 Å². The Kier molecular flexibility index (Phi) is 5.48. The van der Waals surface area contributed by atoms with Crippen molar-refractivity contribution in [2.24, 2.45) is 0 Å². The predicted molar refractivity (Wildman–Crippen MR) is 98.3 cm³/mol. The fourth-order valence-electron chi connectivity index (χ4n) is 2.88. The summed E-state index contributed by atoms with van der Waals surface area (Å²) >= 11 is 1.56. The lowest BCUT2D eigenvalue weighted by atomic mass is 10.1. The van der Waals surface area contributed by atoms with Crippen LogP contribution in [-0.2, 0) is 6.54 Å². The minimum atomic E-state index is -0.473. The molecule has 0 aliphatic rings. The van der Waals surface area contributed by atoms with E-state index < -0.39 is 4.92 Å². The van der Waals surface area contributed by atoms with Gasteiger partial charge < -0.3 is 17.0 Å². The normalized spacial score (nSPS) is 10.5. The first kappa shape index (κ1) is 18.9. The lowest BCUT2D eigenvalue weighted by Crippen LogP contribution is -3.00. The highest BCUT2D eigenvalue weighted by molar-refractivity contribution is 7.14. The Morgan fingerprint density at radius 1 is 1.11 bits per heavy atom. The number of benzene rings is 2. The summed E-state index contributed by atoms with van der Waals surface area (Å²) in [6.45, 7) is 0.166. The number of halogens is 1. The van der Waals surface area contributed by atoms with Crippen LogP contribution in [0.15, 0.2) is 72.4 Å². The number of nitrogens with zero attached hydrogens (tertiary/aromatic N) is 3. The van der Waals surface area contributed by atoms with Gasteiger partial charge in [0, 0.05) is 28.6 Å². The van der Waals surface area contributed by atoms with Gasteiger partial charge in [0.05, 0.1) is 4.92 Å². The van der Waals surface area contributed by atoms with Crippen LogP contribution in [0.3, 0.4) is 0 Å². The molecule has 2 aromatic carbocycles.